The molecule has 0 aliphatic rings. The van der Waals surface area contributed by atoms with E-state index in [1.807, 2.05) is 75.4 Å². The topological polar surface area (TPSA) is 133 Å². The van der Waals surface area contributed by atoms with E-state index in [1.54, 1.807) is 0 Å². The molecule has 3 aromatic carbocycles. The molecule has 4 rings (SSSR count). The van der Waals surface area contributed by atoms with Gasteiger partial charge in [0.2, 0.25) is 0 Å². The summed E-state index contributed by atoms with van der Waals surface area (Å²) in [6, 6.07) is 17.5. The number of sulfone groups is 1. The second kappa shape index (κ2) is 17.3. The summed E-state index contributed by atoms with van der Waals surface area (Å²) >= 11 is 0. The predicted octanol–water partition coefficient (Wildman–Crippen LogP) is 5.74. The summed E-state index contributed by atoms with van der Waals surface area (Å²) in [5.74, 6) is 0.496. The van der Waals surface area contributed by atoms with Crippen molar-refractivity contribution >= 4 is 32.0 Å². The normalized spacial score (nSPS) is 11.0. The Balaban J connectivity index is 0.000000671. The van der Waals surface area contributed by atoms with E-state index in [0.717, 1.165) is 34.0 Å². The number of nitrogens with zero attached hydrogens (tertiary/aromatic N) is 5. The van der Waals surface area contributed by atoms with Gasteiger partial charge in [-0.05, 0) is 48.9 Å². The summed E-state index contributed by atoms with van der Waals surface area (Å²) < 4.78 is 32.5. The molecule has 0 amide bonds. The van der Waals surface area contributed by atoms with Crippen LogP contribution in [0.5, 0.6) is 5.75 Å². The number of benzene rings is 3. The fourth-order valence-corrected chi connectivity index (χ4v) is 3.84. The summed E-state index contributed by atoms with van der Waals surface area (Å²) in [4.78, 5) is 12.3. The third-order valence-corrected chi connectivity index (χ3v) is 6.01. The molecule has 0 bridgehead atoms. The van der Waals surface area contributed by atoms with Gasteiger partial charge in [-0.2, -0.15) is 5.11 Å². The number of phenols is 1. The van der Waals surface area contributed by atoms with E-state index in [-0.39, 0.29) is 39.9 Å². The smallest absolute Gasteiger partial charge is 0.505 e. The van der Waals surface area contributed by atoms with Gasteiger partial charge in [-0.15, -0.1) is 5.11 Å². The van der Waals surface area contributed by atoms with E-state index in [0.29, 0.717) is 11.4 Å². The van der Waals surface area contributed by atoms with Gasteiger partial charge in [0.15, 0.2) is 11.8 Å². The van der Waals surface area contributed by atoms with Crippen molar-refractivity contribution < 1.29 is 39.0 Å². The third kappa shape index (κ3) is 12.0. The van der Waals surface area contributed by atoms with Crippen LogP contribution in [-0.2, 0) is 30.9 Å². The summed E-state index contributed by atoms with van der Waals surface area (Å²) in [5, 5.41) is 20.8. The molecule has 9 nitrogen and oxygen atoms in total. The van der Waals surface area contributed by atoms with Gasteiger partial charge < -0.3 is 32.5 Å². The number of fused-ring (bicyclic) bond motifs is 1. The second-order valence-electron chi connectivity index (χ2n) is 8.01. The van der Waals surface area contributed by atoms with Crippen LogP contribution in [0.2, 0.25) is 0 Å². The van der Waals surface area contributed by atoms with Crippen LogP contribution in [0.1, 0.15) is 24.5 Å². The van der Waals surface area contributed by atoms with E-state index in [9.17, 15) is 17.9 Å². The van der Waals surface area contributed by atoms with Gasteiger partial charge in [0.25, 0.3) is 0 Å². The molecule has 0 saturated heterocycles. The fraction of sp³-hybridized carbons (Fsp3) is 0.259. The van der Waals surface area contributed by atoms with E-state index >= 15 is 0 Å². The Hall–Kier alpha value is -3.30. The van der Waals surface area contributed by atoms with Crippen molar-refractivity contribution in [1.82, 2.24) is 15.0 Å². The Labute approximate surface area is 243 Å². The second-order valence-corrected chi connectivity index (χ2v) is 10.3. The Morgan fingerprint density at radius 2 is 1.67 bits per heavy atom. The van der Waals surface area contributed by atoms with E-state index < -0.39 is 15.9 Å². The molecule has 0 unspecified atom stereocenters. The molecule has 0 aliphatic heterocycles. The average Bonchev–Trinajstić information content (AvgIpc) is 2.85. The first kappa shape index (κ1) is 35.7. The molecule has 208 valence electrons. The molecule has 2 N–H and O–H groups in total. The molecular formula is C27H33FN6O3SW. The van der Waals surface area contributed by atoms with Gasteiger partial charge in [-0.25, -0.2) is 12.8 Å². The Bertz CT molecular complexity index is 1540. The van der Waals surface area contributed by atoms with Crippen LogP contribution in [-0.4, -0.2) is 47.5 Å². The molecule has 0 atom stereocenters. The van der Waals surface area contributed by atoms with Crippen molar-refractivity contribution in [2.45, 2.75) is 27.2 Å². The SMILES string of the molecule is CCCS(C)(=O)=O.CN=c1n[c-]nc(F)[nH]1.Cc1ccccc1N=Nc1c(C)cc2ccccc2c1O.[CH3-].[W+2]. The van der Waals surface area contributed by atoms with Gasteiger partial charge in [-0.1, -0.05) is 49.4 Å². The van der Waals surface area contributed by atoms with E-state index in [1.165, 1.54) is 13.3 Å². The van der Waals surface area contributed by atoms with Gasteiger partial charge >= 0.3 is 21.1 Å². The van der Waals surface area contributed by atoms with Crippen LogP contribution in [0, 0.1) is 33.7 Å². The van der Waals surface area contributed by atoms with Gasteiger partial charge in [0.1, 0.15) is 21.1 Å². The fourth-order valence-electron chi connectivity index (χ4n) is 3.10. The summed E-state index contributed by atoms with van der Waals surface area (Å²) in [5.41, 5.74) is 3.48. The van der Waals surface area contributed by atoms with Crippen LogP contribution in [0.25, 0.3) is 10.8 Å². The number of aromatic hydroxyl groups is 1. The minimum atomic E-state index is -2.67. The van der Waals surface area contributed by atoms with E-state index in [4.69, 9.17) is 0 Å². The molecule has 4 aromatic rings. The molecule has 12 heteroatoms. The number of aromatic nitrogens is 3. The molecule has 0 saturated carbocycles. The number of nitrogens with one attached hydrogen (secondary N) is 1. The van der Waals surface area contributed by atoms with Crippen molar-refractivity contribution in [3.63, 3.8) is 0 Å². The number of aromatic amines is 1. The molecular weight excluding hydrogens is 691 g/mol. The van der Waals surface area contributed by atoms with Crippen LogP contribution in [0.4, 0.5) is 15.8 Å². The van der Waals surface area contributed by atoms with Gasteiger partial charge in [-0.3, -0.25) is 0 Å². The maximum absolute atomic E-state index is 12.1. The Morgan fingerprint density at radius 3 is 2.21 bits per heavy atom. The minimum Gasteiger partial charge on any atom is -0.505 e. The molecule has 1 heterocycles. The Morgan fingerprint density at radius 1 is 1.03 bits per heavy atom. The standard InChI is InChI=1S/C18H16N2O.C4H4FN4.C4H10O2S.CH3.W/c1-12-7-3-6-10-16(12)19-20-17-13(2)11-14-8-4-5-9-15(14)18(17)21;1-6-4-8-2-7-3(5)9-4;1-3-4-7(2,5)6;;/h3-11,21H,1-2H3;1H3,(H,6,7,8,9);3-4H2,1-2H3;1H3;/q;-1;;-1;+2. The number of aryl methyl sites for hydroxylation is 2. The van der Waals surface area contributed by atoms with Crippen molar-refractivity contribution in [2.24, 2.45) is 15.2 Å². The number of hydrogen-bond donors (Lipinski definition) is 2. The zero-order chi connectivity index (χ0) is 27.4. The van der Waals surface area contributed by atoms with Crippen molar-refractivity contribution in [3.8, 4) is 5.75 Å². The number of H-pyrrole nitrogens is 1. The third-order valence-electron chi connectivity index (χ3n) is 4.86. The molecule has 0 spiro atoms. The monoisotopic (exact) mass is 724 g/mol. The number of rotatable bonds is 4. The predicted molar refractivity (Wildman–Crippen MR) is 149 cm³/mol. The molecule has 0 radical (unpaired) electrons. The zero-order valence-electron chi connectivity index (χ0n) is 22.8. The first-order valence-corrected chi connectivity index (χ1v) is 13.4. The van der Waals surface area contributed by atoms with Crippen LogP contribution < -0.4 is 5.62 Å². The first-order valence-electron chi connectivity index (χ1n) is 11.3. The zero-order valence-corrected chi connectivity index (χ0v) is 26.6. The number of halogens is 1. The summed E-state index contributed by atoms with van der Waals surface area (Å²) in [6.07, 6.45) is 3.32. The summed E-state index contributed by atoms with van der Waals surface area (Å²) in [6.45, 7) is 5.76. The molecule has 1 aromatic heterocycles. The average molecular weight is 725 g/mol. The number of hydrogen-bond acceptors (Lipinski definition) is 8. The van der Waals surface area contributed by atoms with Crippen molar-refractivity contribution in [3.05, 3.63) is 91.2 Å². The molecule has 0 fully saturated rings. The molecule has 39 heavy (non-hydrogen) atoms. The summed E-state index contributed by atoms with van der Waals surface area (Å²) in [7, 11) is -1.18. The van der Waals surface area contributed by atoms with Gasteiger partial charge in [0.05, 0.1) is 5.69 Å². The maximum Gasteiger partial charge on any atom is 2.00 e. The Kier molecular flexibility index (Phi) is 15.9. The molecule has 0 aliphatic carbocycles. The van der Waals surface area contributed by atoms with Crippen molar-refractivity contribution in [2.75, 3.05) is 19.1 Å². The quantitative estimate of drug-likeness (QED) is 0.205. The number of phenolic OH excluding ortho intramolecular Hbond substituents is 1. The van der Waals surface area contributed by atoms with Gasteiger partial charge in [0, 0.05) is 30.8 Å². The number of azo groups is 1. The van der Waals surface area contributed by atoms with Crippen LogP contribution in [0.15, 0.2) is 69.8 Å². The maximum atomic E-state index is 12.1. The van der Waals surface area contributed by atoms with Crippen molar-refractivity contribution in [1.29, 1.82) is 0 Å². The van der Waals surface area contributed by atoms with E-state index in [2.05, 4.69) is 36.5 Å². The minimum absolute atomic E-state index is 0. The first-order chi connectivity index (χ1) is 17.6. The van der Waals surface area contributed by atoms with Crippen LogP contribution >= 0.6 is 0 Å². The largest absolute Gasteiger partial charge is 2.00 e. The van der Waals surface area contributed by atoms with Crippen LogP contribution in [0.3, 0.4) is 0 Å².